The zero-order valence-electron chi connectivity index (χ0n) is 11.6. The second-order valence-electron chi connectivity index (χ2n) is 4.43. The van der Waals surface area contributed by atoms with Crippen molar-refractivity contribution in [2.24, 2.45) is 0 Å². The lowest BCUT2D eigenvalue weighted by molar-refractivity contribution is -0.137. The van der Waals surface area contributed by atoms with Crippen LogP contribution in [0.1, 0.15) is 35.7 Å². The lowest BCUT2D eigenvalue weighted by Gasteiger charge is -2.09. The molecule has 0 atom stereocenters. The van der Waals surface area contributed by atoms with Gasteiger partial charge in [-0.2, -0.15) is 13.2 Å². The number of benzene rings is 1. The molecular weight excluding hydrogens is 285 g/mol. The molecular formula is C14H17F3N2O2. The van der Waals surface area contributed by atoms with Crippen molar-refractivity contribution in [2.45, 2.75) is 25.9 Å². The summed E-state index contributed by atoms with van der Waals surface area (Å²) in [4.78, 5) is 22.8. The summed E-state index contributed by atoms with van der Waals surface area (Å²) in [5, 5.41) is 5.14. The van der Waals surface area contributed by atoms with Crippen molar-refractivity contribution in [3.63, 3.8) is 0 Å². The number of hydrogen-bond acceptors (Lipinski definition) is 2. The van der Waals surface area contributed by atoms with E-state index in [1.54, 1.807) is 0 Å². The molecule has 1 aromatic carbocycles. The van der Waals surface area contributed by atoms with Crippen molar-refractivity contribution in [2.75, 3.05) is 13.1 Å². The first-order valence-electron chi connectivity index (χ1n) is 6.56. The average Bonchev–Trinajstić information content (AvgIpc) is 2.43. The van der Waals surface area contributed by atoms with E-state index in [-0.39, 0.29) is 24.6 Å². The van der Waals surface area contributed by atoms with Gasteiger partial charge in [0.1, 0.15) is 0 Å². The minimum Gasteiger partial charge on any atom is -0.354 e. The van der Waals surface area contributed by atoms with E-state index >= 15 is 0 Å². The Labute approximate surface area is 120 Å². The van der Waals surface area contributed by atoms with Gasteiger partial charge in [0.15, 0.2) is 0 Å². The molecule has 0 unspecified atom stereocenters. The highest BCUT2D eigenvalue weighted by Crippen LogP contribution is 2.28. The third-order valence-corrected chi connectivity index (χ3v) is 2.68. The molecule has 0 heterocycles. The van der Waals surface area contributed by atoms with Crippen LogP contribution in [0.25, 0.3) is 0 Å². The van der Waals surface area contributed by atoms with Crippen molar-refractivity contribution >= 4 is 11.8 Å². The average molecular weight is 302 g/mol. The summed E-state index contributed by atoms with van der Waals surface area (Å²) >= 11 is 0. The fourth-order valence-electron chi connectivity index (χ4n) is 1.61. The molecule has 21 heavy (non-hydrogen) atoms. The molecule has 7 heteroatoms. The molecule has 0 bridgehead atoms. The minimum atomic E-state index is -4.42. The van der Waals surface area contributed by atoms with E-state index in [0.29, 0.717) is 6.42 Å². The Morgan fingerprint density at radius 3 is 2.14 bits per heavy atom. The van der Waals surface area contributed by atoms with Gasteiger partial charge in [0.05, 0.1) is 5.56 Å². The Morgan fingerprint density at radius 1 is 1.05 bits per heavy atom. The molecule has 0 aromatic heterocycles. The zero-order valence-corrected chi connectivity index (χ0v) is 11.6. The van der Waals surface area contributed by atoms with Crippen LogP contribution in [0.2, 0.25) is 0 Å². The Balaban J connectivity index is 2.41. The Bertz CT molecular complexity index is 484. The normalized spacial score (nSPS) is 11.0. The lowest BCUT2D eigenvalue weighted by atomic mass is 10.1. The van der Waals surface area contributed by atoms with Gasteiger partial charge in [-0.25, -0.2) is 0 Å². The van der Waals surface area contributed by atoms with Crippen LogP contribution in [0.4, 0.5) is 13.2 Å². The first-order valence-corrected chi connectivity index (χ1v) is 6.56. The highest BCUT2D eigenvalue weighted by Gasteiger charge is 2.30. The monoisotopic (exact) mass is 302 g/mol. The summed E-state index contributed by atoms with van der Waals surface area (Å²) in [6.45, 7) is 2.38. The molecule has 0 spiro atoms. The molecule has 0 aliphatic rings. The van der Waals surface area contributed by atoms with Crippen LogP contribution >= 0.6 is 0 Å². The maximum absolute atomic E-state index is 12.4. The van der Waals surface area contributed by atoms with E-state index in [1.807, 2.05) is 6.92 Å². The number of nitrogens with one attached hydrogen (secondary N) is 2. The van der Waals surface area contributed by atoms with Gasteiger partial charge in [-0.15, -0.1) is 0 Å². The van der Waals surface area contributed by atoms with Crippen molar-refractivity contribution in [3.8, 4) is 0 Å². The van der Waals surface area contributed by atoms with Crippen molar-refractivity contribution in [1.29, 1.82) is 0 Å². The van der Waals surface area contributed by atoms with Crippen LogP contribution in [-0.4, -0.2) is 24.9 Å². The molecule has 0 aliphatic heterocycles. The van der Waals surface area contributed by atoms with Gasteiger partial charge in [-0.3, -0.25) is 9.59 Å². The second-order valence-corrected chi connectivity index (χ2v) is 4.43. The highest BCUT2D eigenvalue weighted by molar-refractivity contribution is 5.94. The van der Waals surface area contributed by atoms with E-state index in [4.69, 9.17) is 0 Å². The smallest absolute Gasteiger partial charge is 0.354 e. The van der Waals surface area contributed by atoms with E-state index in [1.165, 1.54) is 0 Å². The Morgan fingerprint density at radius 2 is 1.62 bits per heavy atom. The number of carbonyl (C=O) groups excluding carboxylic acids is 2. The quantitative estimate of drug-likeness (QED) is 0.793. The Kier molecular flexibility index (Phi) is 6.20. The van der Waals surface area contributed by atoms with Crippen LogP contribution in [0.5, 0.6) is 0 Å². The molecule has 0 saturated carbocycles. The van der Waals surface area contributed by atoms with E-state index in [0.717, 1.165) is 30.7 Å². The molecule has 0 aliphatic carbocycles. The van der Waals surface area contributed by atoms with Crippen LogP contribution in [0.15, 0.2) is 24.3 Å². The van der Waals surface area contributed by atoms with E-state index in [9.17, 15) is 22.8 Å². The summed E-state index contributed by atoms with van der Waals surface area (Å²) in [6.07, 6.45) is -3.25. The summed E-state index contributed by atoms with van der Waals surface area (Å²) in [5.74, 6) is -0.574. The SMILES string of the molecule is CCCC(=O)NCCNC(=O)c1ccc(C(F)(F)F)cc1. The molecule has 0 radical (unpaired) electrons. The zero-order chi connectivity index (χ0) is 15.9. The number of halogens is 3. The van der Waals surface area contributed by atoms with Gasteiger partial charge >= 0.3 is 6.18 Å². The second kappa shape index (κ2) is 7.66. The molecule has 0 fully saturated rings. The third kappa shape index (κ3) is 5.85. The first-order chi connectivity index (χ1) is 9.84. The van der Waals surface area contributed by atoms with Gasteiger partial charge in [-0.05, 0) is 30.7 Å². The fourth-order valence-corrected chi connectivity index (χ4v) is 1.61. The summed E-state index contributed by atoms with van der Waals surface area (Å²) < 4.78 is 37.1. The van der Waals surface area contributed by atoms with E-state index < -0.39 is 17.6 Å². The number of amides is 2. The van der Waals surface area contributed by atoms with Crippen molar-refractivity contribution < 1.29 is 22.8 Å². The third-order valence-electron chi connectivity index (χ3n) is 2.68. The topological polar surface area (TPSA) is 58.2 Å². The number of carbonyl (C=O) groups is 2. The molecule has 4 nitrogen and oxygen atoms in total. The Hall–Kier alpha value is -2.05. The molecule has 116 valence electrons. The van der Waals surface area contributed by atoms with Gasteiger partial charge in [0.25, 0.3) is 5.91 Å². The predicted octanol–water partition coefficient (Wildman–Crippen LogP) is 2.35. The highest BCUT2D eigenvalue weighted by atomic mass is 19.4. The minimum absolute atomic E-state index is 0.0960. The maximum atomic E-state index is 12.4. The fraction of sp³-hybridized carbons (Fsp3) is 0.429. The number of alkyl halides is 3. The summed E-state index contributed by atoms with van der Waals surface area (Å²) in [5.41, 5.74) is -0.659. The van der Waals surface area contributed by atoms with Crippen LogP contribution < -0.4 is 10.6 Å². The van der Waals surface area contributed by atoms with Gasteiger partial charge in [-0.1, -0.05) is 6.92 Å². The summed E-state index contributed by atoms with van der Waals surface area (Å²) in [6, 6.07) is 3.96. The van der Waals surface area contributed by atoms with Crippen molar-refractivity contribution in [1.82, 2.24) is 10.6 Å². The largest absolute Gasteiger partial charge is 0.416 e. The predicted molar refractivity (Wildman–Crippen MR) is 71.7 cm³/mol. The maximum Gasteiger partial charge on any atom is 0.416 e. The van der Waals surface area contributed by atoms with Crippen LogP contribution in [-0.2, 0) is 11.0 Å². The van der Waals surface area contributed by atoms with Gasteiger partial charge < -0.3 is 10.6 Å². The van der Waals surface area contributed by atoms with Crippen molar-refractivity contribution in [3.05, 3.63) is 35.4 Å². The number of rotatable bonds is 6. The molecule has 2 amide bonds. The van der Waals surface area contributed by atoms with E-state index in [2.05, 4.69) is 10.6 Å². The standard InChI is InChI=1S/C14H17F3N2O2/c1-2-3-12(20)18-8-9-19-13(21)10-4-6-11(7-5-10)14(15,16)17/h4-7H,2-3,8-9H2,1H3,(H,18,20)(H,19,21). The van der Waals surface area contributed by atoms with Crippen LogP contribution in [0, 0.1) is 0 Å². The van der Waals surface area contributed by atoms with Crippen LogP contribution in [0.3, 0.4) is 0 Å². The number of hydrogen-bond donors (Lipinski definition) is 2. The molecule has 0 saturated heterocycles. The molecule has 2 N–H and O–H groups in total. The lowest BCUT2D eigenvalue weighted by Crippen LogP contribution is -2.34. The molecule has 1 rings (SSSR count). The summed E-state index contributed by atoms with van der Waals surface area (Å²) in [7, 11) is 0. The van der Waals surface area contributed by atoms with Gasteiger partial charge in [0.2, 0.25) is 5.91 Å². The molecule has 1 aromatic rings. The first kappa shape index (κ1) is 17.0. The van der Waals surface area contributed by atoms with Gasteiger partial charge in [0, 0.05) is 25.1 Å².